The average molecular weight is 434 g/mol. The molecule has 3 rings (SSSR count). The highest BCUT2D eigenvalue weighted by molar-refractivity contribution is 6.38. The summed E-state index contributed by atoms with van der Waals surface area (Å²) >= 11 is 12.4. The van der Waals surface area contributed by atoms with Gasteiger partial charge in [0.2, 0.25) is 0 Å². The molecule has 0 atom stereocenters. The minimum Gasteiger partial charge on any atom is -0.506 e. The molecule has 0 bridgehead atoms. The Labute approximate surface area is 178 Å². The summed E-state index contributed by atoms with van der Waals surface area (Å²) in [5, 5.41) is 11.5. The number of phenols is 1. The van der Waals surface area contributed by atoms with Gasteiger partial charge in [-0.2, -0.15) is 0 Å². The third kappa shape index (κ3) is 3.98. The standard InChI is InChI=1S/C22H21Cl2NO4/c1-4-5-6-15-11-17-18(19(24)20(15)27)21(29-13(3)26)12(2)25(17)22(28)14-7-9-16(23)10-8-14/h7-11,27H,4-6H2,1-3H3. The first-order valence-electron chi connectivity index (χ1n) is 9.30. The normalized spacial score (nSPS) is 11.1. The molecule has 0 aliphatic carbocycles. The van der Waals surface area contributed by atoms with Crippen LogP contribution in [0.25, 0.3) is 10.9 Å². The summed E-state index contributed by atoms with van der Waals surface area (Å²) in [5.74, 6) is -0.753. The second-order valence-corrected chi connectivity index (χ2v) is 7.67. The van der Waals surface area contributed by atoms with Gasteiger partial charge in [0.25, 0.3) is 5.91 Å². The lowest BCUT2D eigenvalue weighted by Crippen LogP contribution is -2.14. The molecule has 2 aromatic carbocycles. The molecule has 7 heteroatoms. The van der Waals surface area contributed by atoms with E-state index in [0.717, 1.165) is 12.8 Å². The molecule has 29 heavy (non-hydrogen) atoms. The fourth-order valence-electron chi connectivity index (χ4n) is 3.34. The third-order valence-corrected chi connectivity index (χ3v) is 5.39. The molecular weight excluding hydrogens is 413 g/mol. The highest BCUT2D eigenvalue weighted by Gasteiger charge is 2.26. The van der Waals surface area contributed by atoms with Gasteiger partial charge in [0.15, 0.2) is 5.75 Å². The number of ether oxygens (including phenoxy) is 1. The van der Waals surface area contributed by atoms with Gasteiger partial charge in [-0.15, -0.1) is 0 Å². The Hall–Kier alpha value is -2.50. The Kier molecular flexibility index (Phi) is 6.20. The van der Waals surface area contributed by atoms with Crippen molar-refractivity contribution in [3.05, 3.63) is 57.2 Å². The molecule has 152 valence electrons. The molecule has 5 nitrogen and oxygen atoms in total. The van der Waals surface area contributed by atoms with Gasteiger partial charge in [0, 0.05) is 17.5 Å². The number of aromatic nitrogens is 1. The van der Waals surface area contributed by atoms with Gasteiger partial charge < -0.3 is 9.84 Å². The Balaban J connectivity index is 2.31. The second kappa shape index (κ2) is 8.47. The number of phenolic OH excluding ortho intramolecular Hbond substituents is 1. The van der Waals surface area contributed by atoms with Crippen LogP contribution in [0.1, 0.15) is 48.3 Å². The highest BCUT2D eigenvalue weighted by atomic mass is 35.5. The van der Waals surface area contributed by atoms with E-state index >= 15 is 0 Å². The van der Waals surface area contributed by atoms with E-state index in [1.165, 1.54) is 11.5 Å². The van der Waals surface area contributed by atoms with Crippen LogP contribution in [-0.2, 0) is 11.2 Å². The molecule has 0 aliphatic rings. The van der Waals surface area contributed by atoms with Gasteiger partial charge in [-0.1, -0.05) is 36.5 Å². The number of benzene rings is 2. The third-order valence-electron chi connectivity index (χ3n) is 4.77. The lowest BCUT2D eigenvalue weighted by molar-refractivity contribution is -0.131. The van der Waals surface area contributed by atoms with Crippen molar-refractivity contribution < 1.29 is 19.4 Å². The molecule has 0 unspecified atom stereocenters. The maximum atomic E-state index is 13.3. The van der Waals surface area contributed by atoms with Crippen LogP contribution < -0.4 is 4.74 Å². The molecule has 0 aliphatic heterocycles. The maximum Gasteiger partial charge on any atom is 0.308 e. The summed E-state index contributed by atoms with van der Waals surface area (Å²) in [6, 6.07) is 8.26. The number of aryl methyl sites for hydroxylation is 1. The Bertz CT molecular complexity index is 1100. The van der Waals surface area contributed by atoms with Crippen LogP contribution in [-0.4, -0.2) is 21.6 Å². The summed E-state index contributed by atoms with van der Waals surface area (Å²) in [4.78, 5) is 25.0. The zero-order valence-electron chi connectivity index (χ0n) is 16.4. The predicted octanol–water partition coefficient (Wildman–Crippen LogP) is 5.92. The molecule has 0 amide bonds. The summed E-state index contributed by atoms with van der Waals surface area (Å²) in [6.45, 7) is 4.99. The molecule has 1 N–H and O–H groups in total. The fourth-order valence-corrected chi connectivity index (χ4v) is 3.77. The Morgan fingerprint density at radius 3 is 2.41 bits per heavy atom. The predicted molar refractivity (Wildman–Crippen MR) is 114 cm³/mol. The number of hydrogen-bond acceptors (Lipinski definition) is 4. The van der Waals surface area contributed by atoms with Gasteiger partial charge >= 0.3 is 5.97 Å². The van der Waals surface area contributed by atoms with E-state index in [1.807, 2.05) is 6.92 Å². The maximum absolute atomic E-state index is 13.3. The highest BCUT2D eigenvalue weighted by Crippen LogP contribution is 2.44. The lowest BCUT2D eigenvalue weighted by Gasteiger charge is -2.10. The fraction of sp³-hybridized carbons (Fsp3) is 0.273. The minimum absolute atomic E-state index is 0.0582. The molecule has 0 radical (unpaired) electrons. The van der Waals surface area contributed by atoms with E-state index in [-0.39, 0.29) is 22.4 Å². The number of aromatic hydroxyl groups is 1. The number of carbonyl (C=O) groups excluding carboxylic acids is 2. The van der Waals surface area contributed by atoms with Crippen molar-refractivity contribution in [2.24, 2.45) is 0 Å². The van der Waals surface area contributed by atoms with Crippen molar-refractivity contribution in [1.29, 1.82) is 0 Å². The van der Waals surface area contributed by atoms with Crippen molar-refractivity contribution in [2.45, 2.75) is 40.0 Å². The van der Waals surface area contributed by atoms with Gasteiger partial charge in [-0.3, -0.25) is 14.2 Å². The van der Waals surface area contributed by atoms with Crippen LogP contribution in [0.15, 0.2) is 30.3 Å². The number of carbonyl (C=O) groups is 2. The number of fused-ring (bicyclic) bond motifs is 1. The molecule has 1 aromatic heterocycles. The molecular formula is C22H21Cl2NO4. The van der Waals surface area contributed by atoms with E-state index in [9.17, 15) is 14.7 Å². The van der Waals surface area contributed by atoms with Crippen molar-refractivity contribution >= 4 is 46.0 Å². The molecule has 0 spiro atoms. The zero-order valence-corrected chi connectivity index (χ0v) is 17.9. The lowest BCUT2D eigenvalue weighted by atomic mass is 10.0. The van der Waals surface area contributed by atoms with Crippen LogP contribution >= 0.6 is 23.2 Å². The first-order chi connectivity index (χ1) is 13.8. The number of hydrogen-bond donors (Lipinski definition) is 1. The van der Waals surface area contributed by atoms with Gasteiger partial charge in [-0.25, -0.2) is 0 Å². The second-order valence-electron chi connectivity index (χ2n) is 6.85. The molecule has 0 fully saturated rings. The largest absolute Gasteiger partial charge is 0.506 e. The quantitative estimate of drug-likeness (QED) is 0.507. The summed E-state index contributed by atoms with van der Waals surface area (Å²) in [7, 11) is 0. The van der Waals surface area contributed by atoms with E-state index in [1.54, 1.807) is 37.3 Å². The Morgan fingerprint density at radius 1 is 1.17 bits per heavy atom. The molecule has 0 saturated carbocycles. The molecule has 0 saturated heterocycles. The van der Waals surface area contributed by atoms with Crippen molar-refractivity contribution in [2.75, 3.05) is 0 Å². The summed E-state index contributed by atoms with van der Waals surface area (Å²) < 4.78 is 6.83. The van der Waals surface area contributed by atoms with E-state index in [0.29, 0.717) is 39.2 Å². The van der Waals surface area contributed by atoms with Crippen molar-refractivity contribution in [1.82, 2.24) is 4.57 Å². The van der Waals surface area contributed by atoms with Crippen molar-refractivity contribution in [3.8, 4) is 11.5 Å². The SMILES string of the molecule is CCCCc1cc2c(c(Cl)c1O)c(OC(C)=O)c(C)n2C(=O)c1ccc(Cl)cc1. The number of nitrogens with zero attached hydrogens (tertiary/aromatic N) is 1. The average Bonchev–Trinajstić information content (AvgIpc) is 2.94. The number of unbranched alkanes of at least 4 members (excludes halogenated alkanes) is 1. The smallest absolute Gasteiger partial charge is 0.308 e. The van der Waals surface area contributed by atoms with Crippen LogP contribution in [0, 0.1) is 6.92 Å². The van der Waals surface area contributed by atoms with E-state index in [4.69, 9.17) is 27.9 Å². The zero-order chi connectivity index (χ0) is 21.3. The van der Waals surface area contributed by atoms with Crippen LogP contribution in [0.5, 0.6) is 11.5 Å². The monoisotopic (exact) mass is 433 g/mol. The minimum atomic E-state index is -0.545. The first-order valence-corrected chi connectivity index (χ1v) is 10.1. The van der Waals surface area contributed by atoms with Gasteiger partial charge in [0.1, 0.15) is 5.75 Å². The van der Waals surface area contributed by atoms with Gasteiger partial charge in [0.05, 0.1) is 21.6 Å². The first kappa shape index (κ1) is 21.2. The number of esters is 1. The number of rotatable bonds is 5. The molecule has 3 aromatic rings. The Morgan fingerprint density at radius 2 is 1.83 bits per heavy atom. The summed E-state index contributed by atoms with van der Waals surface area (Å²) in [6.07, 6.45) is 2.41. The van der Waals surface area contributed by atoms with Crippen LogP contribution in [0.4, 0.5) is 0 Å². The van der Waals surface area contributed by atoms with Crippen LogP contribution in [0.3, 0.4) is 0 Å². The van der Waals surface area contributed by atoms with Gasteiger partial charge in [-0.05, 0) is 55.7 Å². The molecule has 1 heterocycles. The summed E-state index contributed by atoms with van der Waals surface area (Å²) in [5.41, 5.74) is 1.96. The topological polar surface area (TPSA) is 68.5 Å². The van der Waals surface area contributed by atoms with E-state index in [2.05, 4.69) is 0 Å². The van der Waals surface area contributed by atoms with Crippen molar-refractivity contribution in [3.63, 3.8) is 0 Å². The number of halogens is 2. The van der Waals surface area contributed by atoms with E-state index < -0.39 is 5.97 Å². The van der Waals surface area contributed by atoms with Crippen LogP contribution in [0.2, 0.25) is 10.0 Å².